The highest BCUT2D eigenvalue weighted by Gasteiger charge is 2.16. The first kappa shape index (κ1) is 18.4. The lowest BCUT2D eigenvalue weighted by atomic mass is 9.87. The average molecular weight is 332 g/mol. The summed E-state index contributed by atoms with van der Waals surface area (Å²) in [6, 6.07) is 7.59. The quantitative estimate of drug-likeness (QED) is 0.718. The highest BCUT2D eigenvalue weighted by molar-refractivity contribution is 6.39. The molecule has 2 amide bonds. The molecule has 1 heterocycles. The maximum atomic E-state index is 11.9. The highest BCUT2D eigenvalue weighted by atomic mass is 16.2. The van der Waals surface area contributed by atoms with Gasteiger partial charge in [0.2, 0.25) is 0 Å². The van der Waals surface area contributed by atoms with Gasteiger partial charge in [-0.1, -0.05) is 32.9 Å². The number of benzene rings is 1. The van der Waals surface area contributed by atoms with E-state index in [0.717, 1.165) is 32.7 Å². The topological polar surface area (TPSA) is 73.5 Å². The lowest BCUT2D eigenvalue weighted by molar-refractivity contribution is -0.136. The number of piperazine rings is 1. The minimum Gasteiger partial charge on any atom is -0.347 e. The van der Waals surface area contributed by atoms with E-state index < -0.39 is 11.8 Å². The van der Waals surface area contributed by atoms with E-state index in [1.54, 1.807) is 0 Å². The van der Waals surface area contributed by atoms with Gasteiger partial charge in [0, 0.05) is 45.0 Å². The third kappa shape index (κ3) is 5.62. The summed E-state index contributed by atoms with van der Waals surface area (Å²) in [5.41, 5.74) is 1.87. The van der Waals surface area contributed by atoms with Gasteiger partial charge in [0.05, 0.1) is 0 Å². The molecule has 0 bridgehead atoms. The molecule has 1 aliphatic rings. The largest absolute Gasteiger partial charge is 0.347 e. The molecule has 6 heteroatoms. The molecule has 1 aliphatic heterocycles. The summed E-state index contributed by atoms with van der Waals surface area (Å²) >= 11 is 0. The number of rotatable bonds is 4. The standard InChI is InChI=1S/C18H28N4O2/c1-18(2,3)14-4-6-15(7-5-14)21-17(24)16(23)20-10-13-22-11-8-19-9-12-22/h4-7,19H,8-13H2,1-3H3,(H,20,23)(H,21,24). The molecule has 0 aromatic heterocycles. The number of carbonyl (C=O) groups is 2. The van der Waals surface area contributed by atoms with Crippen LogP contribution < -0.4 is 16.0 Å². The van der Waals surface area contributed by atoms with Crippen molar-refractivity contribution >= 4 is 17.5 Å². The third-order valence-electron chi connectivity index (χ3n) is 4.14. The monoisotopic (exact) mass is 332 g/mol. The molecule has 1 saturated heterocycles. The van der Waals surface area contributed by atoms with Gasteiger partial charge in [-0.05, 0) is 23.1 Å². The van der Waals surface area contributed by atoms with Gasteiger partial charge < -0.3 is 16.0 Å². The van der Waals surface area contributed by atoms with Crippen LogP contribution in [0.25, 0.3) is 0 Å². The third-order valence-corrected chi connectivity index (χ3v) is 4.14. The van der Waals surface area contributed by atoms with E-state index in [4.69, 9.17) is 0 Å². The van der Waals surface area contributed by atoms with Crippen LogP contribution in [0.5, 0.6) is 0 Å². The van der Waals surface area contributed by atoms with Crippen LogP contribution >= 0.6 is 0 Å². The predicted octanol–water partition coefficient (Wildman–Crippen LogP) is 0.944. The summed E-state index contributed by atoms with van der Waals surface area (Å²) in [4.78, 5) is 26.1. The average Bonchev–Trinajstić information content (AvgIpc) is 2.55. The molecule has 1 aromatic carbocycles. The van der Waals surface area contributed by atoms with E-state index in [2.05, 4.69) is 41.6 Å². The number of hydrogen-bond acceptors (Lipinski definition) is 4. The Morgan fingerprint density at radius 1 is 1.08 bits per heavy atom. The van der Waals surface area contributed by atoms with Gasteiger partial charge in [-0.2, -0.15) is 0 Å². The molecule has 0 unspecified atom stereocenters. The van der Waals surface area contributed by atoms with Crippen LogP contribution in [-0.4, -0.2) is 56.0 Å². The van der Waals surface area contributed by atoms with Gasteiger partial charge in [-0.25, -0.2) is 0 Å². The Hall–Kier alpha value is -1.92. The van der Waals surface area contributed by atoms with E-state index in [-0.39, 0.29) is 5.41 Å². The fourth-order valence-electron chi connectivity index (χ4n) is 2.58. The van der Waals surface area contributed by atoms with Crippen molar-refractivity contribution in [1.82, 2.24) is 15.5 Å². The summed E-state index contributed by atoms with van der Waals surface area (Å²) in [5, 5.41) is 8.59. The van der Waals surface area contributed by atoms with Crippen LogP contribution in [0.3, 0.4) is 0 Å². The Labute approximate surface area is 144 Å². The smallest absolute Gasteiger partial charge is 0.313 e. The van der Waals surface area contributed by atoms with Crippen LogP contribution in [0.2, 0.25) is 0 Å². The van der Waals surface area contributed by atoms with Gasteiger partial charge in [-0.15, -0.1) is 0 Å². The van der Waals surface area contributed by atoms with E-state index in [1.165, 1.54) is 5.56 Å². The van der Waals surface area contributed by atoms with E-state index in [9.17, 15) is 9.59 Å². The first-order valence-corrected chi connectivity index (χ1v) is 8.49. The van der Waals surface area contributed by atoms with Crippen molar-refractivity contribution in [3.63, 3.8) is 0 Å². The molecule has 0 atom stereocenters. The fourth-order valence-corrected chi connectivity index (χ4v) is 2.58. The Kier molecular flexibility index (Phi) is 6.34. The maximum absolute atomic E-state index is 11.9. The first-order chi connectivity index (χ1) is 11.4. The minimum atomic E-state index is -0.626. The molecule has 6 nitrogen and oxygen atoms in total. The second kappa shape index (κ2) is 8.26. The van der Waals surface area contributed by atoms with E-state index >= 15 is 0 Å². The Morgan fingerprint density at radius 3 is 2.29 bits per heavy atom. The van der Waals surface area contributed by atoms with Gasteiger partial charge in [-0.3, -0.25) is 14.5 Å². The zero-order chi connectivity index (χ0) is 17.6. The lowest BCUT2D eigenvalue weighted by Crippen LogP contribution is -2.47. The van der Waals surface area contributed by atoms with Gasteiger partial charge >= 0.3 is 11.8 Å². The van der Waals surface area contributed by atoms with Crippen molar-refractivity contribution < 1.29 is 9.59 Å². The number of nitrogens with zero attached hydrogens (tertiary/aromatic N) is 1. The summed E-state index contributed by atoms with van der Waals surface area (Å²) < 4.78 is 0. The number of anilines is 1. The predicted molar refractivity (Wildman–Crippen MR) is 96.1 cm³/mol. The molecule has 0 aliphatic carbocycles. The van der Waals surface area contributed by atoms with Crippen LogP contribution in [-0.2, 0) is 15.0 Å². The van der Waals surface area contributed by atoms with Crippen LogP contribution in [0, 0.1) is 0 Å². The van der Waals surface area contributed by atoms with Crippen molar-refractivity contribution in [1.29, 1.82) is 0 Å². The van der Waals surface area contributed by atoms with Gasteiger partial charge in [0.15, 0.2) is 0 Å². The molecule has 3 N–H and O–H groups in total. The molecule has 24 heavy (non-hydrogen) atoms. The Bertz CT molecular complexity index is 557. The summed E-state index contributed by atoms with van der Waals surface area (Å²) in [6.45, 7) is 11.5. The fraction of sp³-hybridized carbons (Fsp3) is 0.556. The molecule has 1 fully saturated rings. The maximum Gasteiger partial charge on any atom is 0.313 e. The lowest BCUT2D eigenvalue weighted by Gasteiger charge is -2.26. The number of amides is 2. The Morgan fingerprint density at radius 2 is 1.71 bits per heavy atom. The number of hydrogen-bond donors (Lipinski definition) is 3. The van der Waals surface area contributed by atoms with Gasteiger partial charge in [0.1, 0.15) is 0 Å². The van der Waals surface area contributed by atoms with Crippen molar-refractivity contribution in [2.24, 2.45) is 0 Å². The minimum absolute atomic E-state index is 0.0594. The summed E-state index contributed by atoms with van der Waals surface area (Å²) in [7, 11) is 0. The molecule has 132 valence electrons. The number of nitrogens with one attached hydrogen (secondary N) is 3. The van der Waals surface area contributed by atoms with Crippen LogP contribution in [0.4, 0.5) is 5.69 Å². The molecule has 2 rings (SSSR count). The normalized spacial score (nSPS) is 15.8. The zero-order valence-corrected chi connectivity index (χ0v) is 14.8. The first-order valence-electron chi connectivity index (χ1n) is 8.49. The summed E-state index contributed by atoms with van der Waals surface area (Å²) in [5.74, 6) is -1.22. The zero-order valence-electron chi connectivity index (χ0n) is 14.8. The second-order valence-electron chi connectivity index (χ2n) is 7.13. The molecular weight excluding hydrogens is 304 g/mol. The van der Waals surface area contributed by atoms with E-state index in [0.29, 0.717) is 12.2 Å². The van der Waals surface area contributed by atoms with E-state index in [1.807, 2.05) is 24.3 Å². The molecule has 1 aromatic rings. The molecule has 0 saturated carbocycles. The molecule has 0 spiro atoms. The van der Waals surface area contributed by atoms with Gasteiger partial charge in [0.25, 0.3) is 0 Å². The second-order valence-corrected chi connectivity index (χ2v) is 7.13. The van der Waals surface area contributed by atoms with Crippen molar-refractivity contribution in [2.75, 3.05) is 44.6 Å². The van der Waals surface area contributed by atoms with Crippen LogP contribution in [0.15, 0.2) is 24.3 Å². The molecule has 0 radical (unpaired) electrons. The highest BCUT2D eigenvalue weighted by Crippen LogP contribution is 2.23. The molecular formula is C18H28N4O2. The van der Waals surface area contributed by atoms with Crippen molar-refractivity contribution in [2.45, 2.75) is 26.2 Å². The SMILES string of the molecule is CC(C)(C)c1ccc(NC(=O)C(=O)NCCN2CCNCC2)cc1. The van der Waals surface area contributed by atoms with Crippen molar-refractivity contribution in [3.05, 3.63) is 29.8 Å². The van der Waals surface area contributed by atoms with Crippen LogP contribution in [0.1, 0.15) is 26.3 Å². The number of carbonyl (C=O) groups excluding carboxylic acids is 2. The van der Waals surface area contributed by atoms with Crippen molar-refractivity contribution in [3.8, 4) is 0 Å². The Balaban J connectivity index is 1.75. The summed E-state index contributed by atoms with van der Waals surface area (Å²) in [6.07, 6.45) is 0.